The lowest BCUT2D eigenvalue weighted by molar-refractivity contribution is -0.132. The molecule has 26 heavy (non-hydrogen) atoms. The number of likely N-dealkylation sites (N-methyl/N-ethyl adjacent to an activating group) is 1. The van der Waals surface area contributed by atoms with Gasteiger partial charge in [0.05, 0.1) is 5.56 Å². The maximum atomic E-state index is 12.2. The van der Waals surface area contributed by atoms with Gasteiger partial charge in [0.25, 0.3) is 11.8 Å². The fourth-order valence-electron chi connectivity index (χ4n) is 2.18. The molecule has 0 aliphatic heterocycles. The predicted molar refractivity (Wildman–Crippen MR) is 90.0 cm³/mol. The Bertz CT molecular complexity index is 766. The zero-order valence-corrected chi connectivity index (χ0v) is 14.0. The molecule has 2 aromatic rings. The number of primary amides is 1. The second kappa shape index (κ2) is 8.80. The van der Waals surface area contributed by atoms with Crippen molar-refractivity contribution in [2.45, 2.75) is 13.2 Å². The molecular formula is C18H18F2N2O4. The number of rotatable bonds is 8. The first-order valence-electron chi connectivity index (χ1n) is 7.66. The van der Waals surface area contributed by atoms with Gasteiger partial charge in [-0.05, 0) is 29.8 Å². The number of alkyl halides is 2. The normalized spacial score (nSPS) is 10.5. The smallest absolute Gasteiger partial charge is 0.387 e. The van der Waals surface area contributed by atoms with Crippen molar-refractivity contribution in [2.75, 3.05) is 13.7 Å². The zero-order chi connectivity index (χ0) is 19.1. The minimum absolute atomic E-state index is 0.0455. The van der Waals surface area contributed by atoms with Crippen LogP contribution in [0, 0.1) is 0 Å². The molecule has 0 aliphatic rings. The topological polar surface area (TPSA) is 81.9 Å². The second-order valence-corrected chi connectivity index (χ2v) is 5.42. The van der Waals surface area contributed by atoms with E-state index in [-0.39, 0.29) is 36.1 Å². The van der Waals surface area contributed by atoms with E-state index in [0.29, 0.717) is 0 Å². The van der Waals surface area contributed by atoms with E-state index >= 15 is 0 Å². The van der Waals surface area contributed by atoms with Crippen LogP contribution in [0.1, 0.15) is 15.9 Å². The highest BCUT2D eigenvalue weighted by atomic mass is 19.3. The lowest BCUT2D eigenvalue weighted by atomic mass is 10.2. The van der Waals surface area contributed by atoms with Gasteiger partial charge in [-0.15, -0.1) is 0 Å². The van der Waals surface area contributed by atoms with Gasteiger partial charge in [0.2, 0.25) is 0 Å². The van der Waals surface area contributed by atoms with Crippen LogP contribution in [-0.2, 0) is 11.3 Å². The maximum absolute atomic E-state index is 12.2. The number of nitrogens with zero attached hydrogens (tertiary/aromatic N) is 1. The van der Waals surface area contributed by atoms with Gasteiger partial charge in [0.1, 0.15) is 11.5 Å². The fourth-order valence-corrected chi connectivity index (χ4v) is 2.18. The van der Waals surface area contributed by atoms with Crippen molar-refractivity contribution in [1.29, 1.82) is 0 Å². The standard InChI is InChI=1S/C18H18F2N2O4/c1-22(10-12-6-8-13(9-7-12)26-18(19)20)16(23)11-25-15-5-3-2-4-14(15)17(21)24/h2-9,18H,10-11H2,1H3,(H2,21,24). The molecule has 0 saturated heterocycles. The number of hydrogen-bond acceptors (Lipinski definition) is 4. The quantitative estimate of drug-likeness (QED) is 0.780. The van der Waals surface area contributed by atoms with E-state index < -0.39 is 12.5 Å². The molecule has 2 rings (SSSR count). The monoisotopic (exact) mass is 364 g/mol. The Morgan fingerprint density at radius 3 is 2.38 bits per heavy atom. The van der Waals surface area contributed by atoms with Crippen LogP contribution in [-0.4, -0.2) is 37.0 Å². The van der Waals surface area contributed by atoms with E-state index in [1.165, 1.54) is 23.1 Å². The lowest BCUT2D eigenvalue weighted by Gasteiger charge is -2.18. The van der Waals surface area contributed by atoms with Gasteiger partial charge in [-0.2, -0.15) is 8.78 Å². The first-order valence-corrected chi connectivity index (χ1v) is 7.66. The predicted octanol–water partition coefficient (Wildman–Crippen LogP) is 2.42. The summed E-state index contributed by atoms with van der Waals surface area (Å²) in [6, 6.07) is 12.3. The Morgan fingerprint density at radius 1 is 1.12 bits per heavy atom. The van der Waals surface area contributed by atoms with Crippen LogP contribution >= 0.6 is 0 Å². The minimum Gasteiger partial charge on any atom is -0.483 e. The largest absolute Gasteiger partial charge is 0.483 e. The Kier molecular flexibility index (Phi) is 6.48. The van der Waals surface area contributed by atoms with Crippen LogP contribution in [0.3, 0.4) is 0 Å². The highest BCUT2D eigenvalue weighted by Gasteiger charge is 2.14. The van der Waals surface area contributed by atoms with E-state index in [2.05, 4.69) is 4.74 Å². The van der Waals surface area contributed by atoms with Gasteiger partial charge >= 0.3 is 6.61 Å². The molecule has 2 amide bonds. The Labute approximate surface area is 149 Å². The van der Waals surface area contributed by atoms with E-state index in [9.17, 15) is 18.4 Å². The third-order valence-electron chi connectivity index (χ3n) is 3.50. The molecule has 0 bridgehead atoms. The number of carbonyl (C=O) groups excluding carboxylic acids is 2. The summed E-state index contributed by atoms with van der Waals surface area (Å²) in [6.07, 6.45) is 0. The number of carbonyl (C=O) groups is 2. The highest BCUT2D eigenvalue weighted by molar-refractivity contribution is 5.95. The van der Waals surface area contributed by atoms with Crippen LogP contribution in [0.2, 0.25) is 0 Å². The first kappa shape index (κ1) is 19.2. The molecular weight excluding hydrogens is 346 g/mol. The summed E-state index contributed by atoms with van der Waals surface area (Å²) < 4.78 is 33.9. The van der Waals surface area contributed by atoms with Crippen molar-refractivity contribution < 1.29 is 27.8 Å². The Hall–Kier alpha value is -3.16. The number of halogens is 2. The molecule has 2 N–H and O–H groups in total. The van der Waals surface area contributed by atoms with Crippen molar-refractivity contribution in [1.82, 2.24) is 4.90 Å². The third-order valence-corrected chi connectivity index (χ3v) is 3.50. The molecule has 8 heteroatoms. The number of para-hydroxylation sites is 1. The number of nitrogens with two attached hydrogens (primary N) is 1. The lowest BCUT2D eigenvalue weighted by Crippen LogP contribution is -2.31. The van der Waals surface area contributed by atoms with Crippen LogP contribution in [0.4, 0.5) is 8.78 Å². The molecule has 138 valence electrons. The van der Waals surface area contributed by atoms with Crippen LogP contribution in [0.15, 0.2) is 48.5 Å². The summed E-state index contributed by atoms with van der Waals surface area (Å²) in [5, 5.41) is 0. The van der Waals surface area contributed by atoms with Gasteiger partial charge in [0.15, 0.2) is 6.61 Å². The zero-order valence-electron chi connectivity index (χ0n) is 14.0. The summed E-state index contributed by atoms with van der Waals surface area (Å²) >= 11 is 0. The fraction of sp³-hybridized carbons (Fsp3) is 0.222. The molecule has 0 spiro atoms. The molecule has 0 aromatic heterocycles. The van der Waals surface area contributed by atoms with Gasteiger partial charge in [-0.1, -0.05) is 24.3 Å². The molecule has 2 aromatic carbocycles. The van der Waals surface area contributed by atoms with Gasteiger partial charge in [-0.25, -0.2) is 0 Å². The van der Waals surface area contributed by atoms with Gasteiger partial charge in [-0.3, -0.25) is 9.59 Å². The van der Waals surface area contributed by atoms with E-state index in [0.717, 1.165) is 5.56 Å². The van der Waals surface area contributed by atoms with Crippen LogP contribution in [0.25, 0.3) is 0 Å². The van der Waals surface area contributed by atoms with Crippen LogP contribution in [0.5, 0.6) is 11.5 Å². The molecule has 6 nitrogen and oxygen atoms in total. The molecule has 0 fully saturated rings. The first-order chi connectivity index (χ1) is 12.4. The molecule has 0 aliphatic carbocycles. The minimum atomic E-state index is -2.88. The summed E-state index contributed by atoms with van der Waals surface area (Å²) in [7, 11) is 1.58. The van der Waals surface area contributed by atoms with Crippen molar-refractivity contribution in [3.05, 3.63) is 59.7 Å². The number of benzene rings is 2. The van der Waals surface area contributed by atoms with Gasteiger partial charge < -0.3 is 20.1 Å². The van der Waals surface area contributed by atoms with Gasteiger partial charge in [0, 0.05) is 13.6 Å². The molecule has 0 unspecified atom stereocenters. The maximum Gasteiger partial charge on any atom is 0.387 e. The van der Waals surface area contributed by atoms with E-state index in [1.807, 2.05) is 0 Å². The number of hydrogen-bond donors (Lipinski definition) is 1. The summed E-state index contributed by atoms with van der Waals surface area (Å²) in [5.74, 6) is -0.691. The van der Waals surface area contributed by atoms with Crippen LogP contribution < -0.4 is 15.2 Å². The van der Waals surface area contributed by atoms with Crippen molar-refractivity contribution >= 4 is 11.8 Å². The van der Waals surface area contributed by atoms with E-state index in [4.69, 9.17) is 10.5 Å². The highest BCUT2D eigenvalue weighted by Crippen LogP contribution is 2.18. The SMILES string of the molecule is CN(Cc1ccc(OC(F)F)cc1)C(=O)COc1ccccc1C(N)=O. The second-order valence-electron chi connectivity index (χ2n) is 5.42. The van der Waals surface area contributed by atoms with Crippen molar-refractivity contribution in [2.24, 2.45) is 5.73 Å². The van der Waals surface area contributed by atoms with E-state index in [1.54, 1.807) is 37.4 Å². The third kappa shape index (κ3) is 5.44. The number of amides is 2. The molecule has 0 saturated carbocycles. The summed E-state index contributed by atoms with van der Waals surface area (Å²) in [5.41, 5.74) is 6.18. The Balaban J connectivity index is 1.91. The van der Waals surface area contributed by atoms with Crippen molar-refractivity contribution in [3.8, 4) is 11.5 Å². The van der Waals surface area contributed by atoms with Crippen molar-refractivity contribution in [3.63, 3.8) is 0 Å². The molecule has 0 heterocycles. The average Bonchev–Trinajstić information content (AvgIpc) is 2.61. The number of ether oxygens (including phenoxy) is 2. The molecule has 0 atom stereocenters. The summed E-state index contributed by atoms with van der Waals surface area (Å²) in [6.45, 7) is -2.90. The Morgan fingerprint density at radius 2 is 1.77 bits per heavy atom. The molecule has 0 radical (unpaired) electrons. The summed E-state index contributed by atoms with van der Waals surface area (Å²) in [4.78, 5) is 24.9. The average molecular weight is 364 g/mol.